The van der Waals surface area contributed by atoms with Crippen LogP contribution in [0.15, 0.2) is 11.1 Å². The first kappa shape index (κ1) is 8.42. The third-order valence-corrected chi connectivity index (χ3v) is 3.11. The molecule has 0 aromatic heterocycles. The Bertz CT molecular complexity index is 151. The Morgan fingerprint density at radius 2 is 2.10 bits per heavy atom. The molecule has 3 atom stereocenters. The van der Waals surface area contributed by atoms with Crippen molar-refractivity contribution in [3.63, 3.8) is 0 Å². The molecule has 0 saturated carbocycles. The van der Waals surface area contributed by atoms with Gasteiger partial charge in [-0.25, -0.2) is 0 Å². The van der Waals surface area contributed by atoms with E-state index in [0.29, 0.717) is 11.8 Å². The van der Waals surface area contributed by atoms with Crippen LogP contribution in [0, 0.1) is 11.8 Å². The van der Waals surface area contributed by atoms with E-state index in [-0.39, 0.29) is 5.38 Å². The Morgan fingerprint density at radius 3 is 2.60 bits per heavy atom. The molecule has 1 rings (SSSR count). The van der Waals surface area contributed by atoms with Crippen LogP contribution in [-0.2, 0) is 0 Å². The van der Waals surface area contributed by atoms with Gasteiger partial charge in [0, 0.05) is 5.03 Å². The van der Waals surface area contributed by atoms with Crippen LogP contribution in [0.3, 0.4) is 0 Å². The summed E-state index contributed by atoms with van der Waals surface area (Å²) in [5, 5.41) is 0.889. The van der Waals surface area contributed by atoms with Gasteiger partial charge in [-0.05, 0) is 18.3 Å². The molecule has 58 valence electrons. The summed E-state index contributed by atoms with van der Waals surface area (Å²) in [5.41, 5.74) is 0. The fraction of sp³-hybridized carbons (Fsp3) is 0.750. The van der Waals surface area contributed by atoms with Gasteiger partial charge in [0.15, 0.2) is 0 Å². The predicted molar refractivity (Wildman–Crippen MR) is 46.5 cm³/mol. The van der Waals surface area contributed by atoms with Gasteiger partial charge < -0.3 is 0 Å². The fourth-order valence-electron chi connectivity index (χ4n) is 1.17. The van der Waals surface area contributed by atoms with Crippen LogP contribution < -0.4 is 0 Å². The predicted octanol–water partition coefficient (Wildman–Crippen LogP) is 3.39. The number of hydrogen-bond donors (Lipinski definition) is 0. The average molecular weight is 179 g/mol. The molecule has 0 fully saturated rings. The van der Waals surface area contributed by atoms with Crippen molar-refractivity contribution in [1.29, 1.82) is 0 Å². The van der Waals surface area contributed by atoms with Crippen LogP contribution in [0.4, 0.5) is 0 Å². The molecule has 0 saturated heterocycles. The zero-order valence-electron chi connectivity index (χ0n) is 6.27. The van der Waals surface area contributed by atoms with Gasteiger partial charge in [-0.2, -0.15) is 0 Å². The lowest BCUT2D eigenvalue weighted by molar-refractivity contribution is 0.413. The van der Waals surface area contributed by atoms with Gasteiger partial charge in [-0.1, -0.05) is 31.5 Å². The van der Waals surface area contributed by atoms with E-state index in [1.165, 1.54) is 0 Å². The molecule has 1 aliphatic carbocycles. The Balaban J connectivity index is 2.69. The van der Waals surface area contributed by atoms with Gasteiger partial charge in [-0.3, -0.25) is 0 Å². The second-order valence-corrected chi connectivity index (χ2v) is 4.05. The highest BCUT2D eigenvalue weighted by Gasteiger charge is 2.22. The number of halogens is 2. The summed E-state index contributed by atoms with van der Waals surface area (Å²) in [5.74, 6) is 1.26. The van der Waals surface area contributed by atoms with Crippen molar-refractivity contribution in [3.05, 3.63) is 11.1 Å². The zero-order valence-corrected chi connectivity index (χ0v) is 7.78. The minimum atomic E-state index is 0.0628. The topological polar surface area (TPSA) is 0 Å². The lowest BCUT2D eigenvalue weighted by Gasteiger charge is -2.25. The lowest BCUT2D eigenvalue weighted by atomic mass is 9.87. The molecule has 10 heavy (non-hydrogen) atoms. The largest absolute Gasteiger partial charge is 0.117 e. The van der Waals surface area contributed by atoms with Crippen molar-refractivity contribution in [3.8, 4) is 0 Å². The van der Waals surface area contributed by atoms with E-state index >= 15 is 0 Å². The summed E-state index contributed by atoms with van der Waals surface area (Å²) >= 11 is 11.8. The quantitative estimate of drug-likeness (QED) is 0.500. The van der Waals surface area contributed by atoms with E-state index in [0.717, 1.165) is 11.5 Å². The monoisotopic (exact) mass is 178 g/mol. The Hall–Kier alpha value is 0.320. The third-order valence-electron chi connectivity index (χ3n) is 2.20. The van der Waals surface area contributed by atoms with Crippen LogP contribution in [-0.4, -0.2) is 5.38 Å². The highest BCUT2D eigenvalue weighted by molar-refractivity contribution is 6.37. The number of alkyl halides is 1. The smallest absolute Gasteiger partial charge is 0.0691 e. The highest BCUT2D eigenvalue weighted by Crippen LogP contribution is 2.33. The number of rotatable bonds is 0. The van der Waals surface area contributed by atoms with E-state index in [9.17, 15) is 0 Å². The maximum Gasteiger partial charge on any atom is 0.0691 e. The maximum atomic E-state index is 5.93. The zero-order chi connectivity index (χ0) is 7.72. The summed E-state index contributed by atoms with van der Waals surface area (Å²) in [6, 6.07) is 0. The van der Waals surface area contributed by atoms with Crippen molar-refractivity contribution in [2.45, 2.75) is 25.6 Å². The van der Waals surface area contributed by atoms with Crippen molar-refractivity contribution in [1.82, 2.24) is 0 Å². The van der Waals surface area contributed by atoms with E-state index in [1.807, 2.05) is 0 Å². The second kappa shape index (κ2) is 3.15. The normalized spacial score (nSPS) is 41.2. The van der Waals surface area contributed by atoms with Crippen molar-refractivity contribution < 1.29 is 0 Å². The lowest BCUT2D eigenvalue weighted by Crippen LogP contribution is -2.18. The molecule has 0 amide bonds. The number of hydrogen-bond acceptors (Lipinski definition) is 0. The molecule has 0 aromatic rings. The van der Waals surface area contributed by atoms with Gasteiger partial charge in [0.05, 0.1) is 5.38 Å². The standard InChI is InChI=1S/C8H12Cl2/c1-5-3-7(9)8(10)4-6(5)2/h3,5-6,8H,4H2,1-2H3. The van der Waals surface area contributed by atoms with Crippen LogP contribution in [0.1, 0.15) is 20.3 Å². The molecule has 0 aliphatic heterocycles. The van der Waals surface area contributed by atoms with Crippen molar-refractivity contribution in [2.24, 2.45) is 11.8 Å². The summed E-state index contributed by atoms with van der Waals surface area (Å²) < 4.78 is 0. The molecule has 0 spiro atoms. The number of allylic oxidation sites excluding steroid dienone is 2. The van der Waals surface area contributed by atoms with E-state index in [1.54, 1.807) is 0 Å². The van der Waals surface area contributed by atoms with E-state index < -0.39 is 0 Å². The van der Waals surface area contributed by atoms with Crippen molar-refractivity contribution >= 4 is 23.2 Å². The summed E-state index contributed by atoms with van der Waals surface area (Å²) in [6.07, 6.45) is 3.07. The molecule has 0 bridgehead atoms. The molecule has 0 radical (unpaired) electrons. The average Bonchev–Trinajstić information content (AvgIpc) is 1.84. The molecule has 2 heteroatoms. The summed E-state index contributed by atoms with van der Waals surface area (Å²) in [4.78, 5) is 0. The molecule has 0 aromatic carbocycles. The Kier molecular flexibility index (Phi) is 2.65. The minimum Gasteiger partial charge on any atom is -0.117 e. The Labute approximate surface area is 72.2 Å². The van der Waals surface area contributed by atoms with Crippen LogP contribution in [0.2, 0.25) is 0 Å². The minimum absolute atomic E-state index is 0.0628. The molecular weight excluding hydrogens is 167 g/mol. The first-order valence-electron chi connectivity index (χ1n) is 3.62. The van der Waals surface area contributed by atoms with Gasteiger partial charge in [-0.15, -0.1) is 11.6 Å². The molecule has 0 nitrogen and oxygen atoms in total. The van der Waals surface area contributed by atoms with Crippen LogP contribution in [0.25, 0.3) is 0 Å². The molecule has 0 N–H and O–H groups in total. The van der Waals surface area contributed by atoms with Gasteiger partial charge in [0.1, 0.15) is 0 Å². The van der Waals surface area contributed by atoms with Gasteiger partial charge >= 0.3 is 0 Å². The van der Waals surface area contributed by atoms with Gasteiger partial charge in [0.25, 0.3) is 0 Å². The summed E-state index contributed by atoms with van der Waals surface area (Å²) in [6.45, 7) is 4.38. The Morgan fingerprint density at radius 1 is 1.50 bits per heavy atom. The molecule has 0 heterocycles. The van der Waals surface area contributed by atoms with Crippen LogP contribution >= 0.6 is 23.2 Å². The van der Waals surface area contributed by atoms with E-state index in [4.69, 9.17) is 23.2 Å². The second-order valence-electron chi connectivity index (χ2n) is 3.09. The first-order valence-corrected chi connectivity index (χ1v) is 4.44. The first-order chi connectivity index (χ1) is 4.61. The van der Waals surface area contributed by atoms with Gasteiger partial charge in [0.2, 0.25) is 0 Å². The highest BCUT2D eigenvalue weighted by atomic mass is 35.5. The third kappa shape index (κ3) is 1.67. The fourth-order valence-corrected chi connectivity index (χ4v) is 1.82. The van der Waals surface area contributed by atoms with E-state index in [2.05, 4.69) is 19.9 Å². The molecular formula is C8H12Cl2. The molecule has 3 unspecified atom stereocenters. The summed E-state index contributed by atoms with van der Waals surface area (Å²) in [7, 11) is 0. The molecule has 1 aliphatic rings. The maximum absolute atomic E-state index is 5.93. The SMILES string of the molecule is CC1C=C(Cl)C(Cl)CC1C. The van der Waals surface area contributed by atoms with Crippen molar-refractivity contribution in [2.75, 3.05) is 0 Å². The van der Waals surface area contributed by atoms with Crippen LogP contribution in [0.5, 0.6) is 0 Å².